The summed E-state index contributed by atoms with van der Waals surface area (Å²) in [6, 6.07) is 25.0. The van der Waals surface area contributed by atoms with Crippen LogP contribution in [-0.4, -0.2) is 70.2 Å². The molecule has 0 aliphatic carbocycles. The van der Waals surface area contributed by atoms with Crippen LogP contribution >= 0.6 is 0 Å². The highest BCUT2D eigenvalue weighted by Crippen LogP contribution is 2.27. The lowest BCUT2D eigenvalue weighted by Crippen LogP contribution is -2.49. The van der Waals surface area contributed by atoms with Gasteiger partial charge in [0.25, 0.3) is 0 Å². The van der Waals surface area contributed by atoms with Crippen LogP contribution in [0.3, 0.4) is 0 Å². The Labute approximate surface area is 318 Å². The van der Waals surface area contributed by atoms with Gasteiger partial charge in [-0.25, -0.2) is 0 Å². The predicted octanol–water partition coefficient (Wildman–Crippen LogP) is 4.90. The molecule has 3 aromatic carbocycles. The highest BCUT2D eigenvalue weighted by atomic mass is 16.5. The van der Waals surface area contributed by atoms with E-state index in [1.807, 2.05) is 88.4 Å². The zero-order valence-corrected chi connectivity index (χ0v) is 31.6. The van der Waals surface area contributed by atoms with Crippen molar-refractivity contribution >= 4 is 17.5 Å². The average molecular weight is 739 g/mol. The lowest BCUT2D eigenvalue weighted by molar-refractivity contribution is -0.123. The maximum absolute atomic E-state index is 14.4. The Bertz CT molecular complexity index is 1800. The van der Waals surface area contributed by atoms with E-state index in [-0.39, 0.29) is 60.4 Å². The maximum atomic E-state index is 14.4. The van der Waals surface area contributed by atoms with E-state index in [1.165, 1.54) is 12.3 Å². The van der Waals surface area contributed by atoms with Gasteiger partial charge >= 0.3 is 0 Å². The number of nitrogens with one attached hydrogen (secondary N) is 1. The van der Waals surface area contributed by atoms with Crippen LogP contribution in [0, 0.1) is 17.8 Å². The quantitative estimate of drug-likeness (QED) is 0.0582. The fraction of sp³-hybridized carbons (Fsp3) is 0.395. The van der Waals surface area contributed by atoms with Crippen molar-refractivity contribution in [1.29, 1.82) is 0 Å². The van der Waals surface area contributed by atoms with Crippen LogP contribution in [0.25, 0.3) is 0 Å². The van der Waals surface area contributed by atoms with Crippen molar-refractivity contribution in [3.05, 3.63) is 125 Å². The normalized spacial score (nSPS) is 14.7. The number of pyridine rings is 1. The number of nitrogens with zero attached hydrogens (tertiary/aromatic N) is 1. The van der Waals surface area contributed by atoms with E-state index in [2.05, 4.69) is 10.3 Å². The SMILES string of the molecule is CC[C@@H](C)[C@H](N)C(=O)NCc1ncc(C(=O)C(Cc2ccccc2)C(O)[C@H](O)[C@@H](N)CC(C)C)cc1C(=O)c1ccccc1OCCOc1ccccc1. The fourth-order valence-corrected chi connectivity index (χ4v) is 6.15. The zero-order valence-electron chi connectivity index (χ0n) is 31.6. The molecule has 0 fully saturated rings. The molecule has 288 valence electrons. The Kier molecular flexibility index (Phi) is 15.9. The van der Waals surface area contributed by atoms with E-state index in [1.54, 1.807) is 24.3 Å². The molecule has 1 heterocycles. The van der Waals surface area contributed by atoms with Gasteiger partial charge in [-0.05, 0) is 60.6 Å². The average Bonchev–Trinajstić information content (AvgIpc) is 3.19. The Morgan fingerprint density at radius 2 is 1.44 bits per heavy atom. The number of hydrogen-bond donors (Lipinski definition) is 5. The summed E-state index contributed by atoms with van der Waals surface area (Å²) in [5, 5.41) is 25.5. The summed E-state index contributed by atoms with van der Waals surface area (Å²) in [6.07, 6.45) is -0.344. The van der Waals surface area contributed by atoms with E-state index in [0.29, 0.717) is 24.3 Å². The topological polar surface area (TPSA) is 187 Å². The molecule has 1 amide bonds. The van der Waals surface area contributed by atoms with Gasteiger partial charge in [0.15, 0.2) is 11.6 Å². The van der Waals surface area contributed by atoms with Gasteiger partial charge in [-0.2, -0.15) is 0 Å². The number of ether oxygens (including phenoxy) is 2. The molecule has 2 unspecified atom stereocenters. The first kappa shape index (κ1) is 41.8. The van der Waals surface area contributed by atoms with Crippen LogP contribution < -0.4 is 26.3 Å². The summed E-state index contributed by atoms with van der Waals surface area (Å²) in [5.41, 5.74) is 13.8. The van der Waals surface area contributed by atoms with Crippen molar-refractivity contribution in [2.75, 3.05) is 13.2 Å². The molecule has 0 bridgehead atoms. The van der Waals surface area contributed by atoms with Gasteiger partial charge in [-0.15, -0.1) is 0 Å². The van der Waals surface area contributed by atoms with E-state index in [4.69, 9.17) is 20.9 Å². The Morgan fingerprint density at radius 1 is 0.815 bits per heavy atom. The second-order valence-electron chi connectivity index (χ2n) is 14.1. The highest BCUT2D eigenvalue weighted by molar-refractivity contribution is 6.12. The van der Waals surface area contributed by atoms with Crippen molar-refractivity contribution < 1.29 is 34.1 Å². The van der Waals surface area contributed by atoms with Gasteiger partial charge in [-0.3, -0.25) is 19.4 Å². The van der Waals surface area contributed by atoms with Gasteiger partial charge in [0.05, 0.1) is 42.0 Å². The molecule has 1 aromatic heterocycles. The number of ketones is 2. The first-order valence-electron chi connectivity index (χ1n) is 18.6. The van der Waals surface area contributed by atoms with Gasteiger partial charge in [-0.1, -0.05) is 94.8 Å². The molecular weight excluding hydrogens is 684 g/mol. The first-order valence-corrected chi connectivity index (χ1v) is 18.6. The number of Topliss-reactive ketones (excluding diaryl/α,β-unsaturated/α-hetero) is 1. The molecule has 11 nitrogen and oxygen atoms in total. The van der Waals surface area contributed by atoms with Gasteiger partial charge < -0.3 is 36.5 Å². The molecule has 54 heavy (non-hydrogen) atoms. The number of nitrogens with two attached hydrogens (primary N) is 2. The summed E-state index contributed by atoms with van der Waals surface area (Å²) < 4.78 is 11.8. The molecule has 0 spiro atoms. The second-order valence-corrected chi connectivity index (χ2v) is 14.1. The third-order valence-corrected chi connectivity index (χ3v) is 9.55. The number of benzene rings is 3. The molecule has 0 aliphatic heterocycles. The van der Waals surface area contributed by atoms with Gasteiger partial charge in [0.2, 0.25) is 5.91 Å². The third kappa shape index (κ3) is 11.5. The number of carbonyl (C=O) groups excluding carboxylic acids is 3. The summed E-state index contributed by atoms with van der Waals surface area (Å²) >= 11 is 0. The second kappa shape index (κ2) is 20.5. The monoisotopic (exact) mass is 738 g/mol. The lowest BCUT2D eigenvalue weighted by atomic mass is 9.82. The van der Waals surface area contributed by atoms with Crippen LogP contribution in [0.1, 0.15) is 78.1 Å². The summed E-state index contributed by atoms with van der Waals surface area (Å²) in [6.45, 7) is 7.98. The minimum absolute atomic E-state index is 0.0454. The van der Waals surface area contributed by atoms with Crippen LogP contribution in [-0.2, 0) is 17.8 Å². The zero-order chi connectivity index (χ0) is 39.2. The van der Waals surface area contributed by atoms with Crippen LogP contribution in [0.4, 0.5) is 0 Å². The summed E-state index contributed by atoms with van der Waals surface area (Å²) in [5.74, 6) is -1.49. The predicted molar refractivity (Wildman–Crippen MR) is 208 cm³/mol. The van der Waals surface area contributed by atoms with Crippen LogP contribution in [0.15, 0.2) is 97.2 Å². The van der Waals surface area contributed by atoms with E-state index >= 15 is 0 Å². The van der Waals surface area contributed by atoms with Crippen molar-refractivity contribution in [2.24, 2.45) is 29.2 Å². The number of rotatable bonds is 21. The van der Waals surface area contributed by atoms with Crippen molar-refractivity contribution in [1.82, 2.24) is 10.3 Å². The molecule has 4 rings (SSSR count). The fourth-order valence-electron chi connectivity index (χ4n) is 6.15. The minimum atomic E-state index is -1.51. The number of para-hydroxylation sites is 2. The van der Waals surface area contributed by atoms with Crippen molar-refractivity contribution in [2.45, 2.75) is 77.8 Å². The van der Waals surface area contributed by atoms with E-state index in [9.17, 15) is 24.6 Å². The molecule has 4 aromatic rings. The smallest absolute Gasteiger partial charge is 0.237 e. The summed E-state index contributed by atoms with van der Waals surface area (Å²) in [4.78, 5) is 46.3. The van der Waals surface area contributed by atoms with Crippen LogP contribution in [0.5, 0.6) is 11.5 Å². The number of hydrogen-bond acceptors (Lipinski definition) is 10. The van der Waals surface area contributed by atoms with Crippen molar-refractivity contribution in [3.63, 3.8) is 0 Å². The molecule has 0 saturated heterocycles. The largest absolute Gasteiger partial charge is 0.490 e. The molecule has 0 radical (unpaired) electrons. The molecule has 7 N–H and O–H groups in total. The number of aliphatic hydroxyl groups excluding tert-OH is 2. The van der Waals surface area contributed by atoms with Gasteiger partial charge in [0, 0.05) is 23.4 Å². The number of aliphatic hydroxyl groups is 2. The molecule has 11 heteroatoms. The number of amides is 1. The Balaban J connectivity index is 1.69. The maximum Gasteiger partial charge on any atom is 0.237 e. The first-order chi connectivity index (χ1) is 25.9. The van der Waals surface area contributed by atoms with Gasteiger partial charge in [0.1, 0.15) is 24.7 Å². The van der Waals surface area contributed by atoms with E-state index in [0.717, 1.165) is 5.56 Å². The highest BCUT2D eigenvalue weighted by Gasteiger charge is 2.36. The van der Waals surface area contributed by atoms with E-state index < -0.39 is 47.7 Å². The number of aromatic nitrogens is 1. The van der Waals surface area contributed by atoms with Crippen molar-refractivity contribution in [3.8, 4) is 11.5 Å². The summed E-state index contributed by atoms with van der Waals surface area (Å²) in [7, 11) is 0. The lowest BCUT2D eigenvalue weighted by Gasteiger charge is -2.30. The van der Waals surface area contributed by atoms with Crippen LogP contribution in [0.2, 0.25) is 0 Å². The molecule has 6 atom stereocenters. The molecular formula is C43H54N4O7. The molecule has 0 aliphatic rings. The third-order valence-electron chi connectivity index (χ3n) is 9.55. The Morgan fingerprint density at radius 3 is 2.11 bits per heavy atom. The minimum Gasteiger partial charge on any atom is -0.490 e. The standard InChI is InChI=1S/C43H54N4O7/c1-5-28(4)38(45)43(52)47-26-36-33(40(49)32-18-12-13-19-37(32)54-21-20-53-31-16-10-7-11-17-31)24-30(25-46-36)39(48)34(23-29-14-8-6-9-15-29)41(50)42(51)35(44)22-27(2)3/h6-19,24-25,27-28,34-35,38,41-42,50-51H,5,20-23,26,44-45H2,1-4H3,(H,47,52)/t28-,34?,35+,38+,41?,42-/m1/s1. The number of carbonyl (C=O) groups is 3. The Hall–Kier alpha value is -4.94. The molecule has 0 saturated carbocycles.